The lowest BCUT2D eigenvalue weighted by molar-refractivity contribution is 0.570. The molecule has 0 heteroatoms. The summed E-state index contributed by atoms with van der Waals surface area (Å²) in [5.74, 6) is 0.838. The molecule has 0 radical (unpaired) electrons. The van der Waals surface area contributed by atoms with Gasteiger partial charge in [0.25, 0.3) is 0 Å². The lowest BCUT2D eigenvalue weighted by atomic mass is 9.80. The van der Waals surface area contributed by atoms with Crippen LogP contribution in [0.2, 0.25) is 0 Å². The van der Waals surface area contributed by atoms with Gasteiger partial charge in [-0.2, -0.15) is 0 Å². The highest BCUT2D eigenvalue weighted by atomic mass is 14.2. The van der Waals surface area contributed by atoms with Gasteiger partial charge in [0.05, 0.1) is 0 Å². The Balaban J connectivity index is -0.000000920. The van der Waals surface area contributed by atoms with E-state index >= 15 is 0 Å². The molecule has 0 aliphatic rings. The number of benzene rings is 1. The molecule has 0 bridgehead atoms. The van der Waals surface area contributed by atoms with Crippen LogP contribution in [0.15, 0.2) is 66.8 Å². The van der Waals surface area contributed by atoms with Gasteiger partial charge in [-0.1, -0.05) is 148 Å². The van der Waals surface area contributed by atoms with Crippen molar-refractivity contribution in [2.75, 3.05) is 0 Å². The quantitative estimate of drug-likeness (QED) is 0.335. The van der Waals surface area contributed by atoms with Crippen LogP contribution in [0.4, 0.5) is 0 Å². The van der Waals surface area contributed by atoms with Gasteiger partial charge in [0.2, 0.25) is 0 Å². The van der Waals surface area contributed by atoms with Crippen LogP contribution in [0, 0.1) is 5.92 Å². The summed E-state index contributed by atoms with van der Waals surface area (Å²) >= 11 is 0. The Morgan fingerprint density at radius 3 is 1.84 bits per heavy atom. The molecule has 0 heterocycles. The monoisotopic (exact) mass is 440 g/mol. The number of unbranched alkanes of at least 4 members (excludes halogenated alkanes) is 1. The molecule has 0 nitrogen and oxygen atoms in total. The summed E-state index contributed by atoms with van der Waals surface area (Å²) in [4.78, 5) is 0. The predicted molar refractivity (Wildman–Crippen MR) is 154 cm³/mol. The normalized spacial score (nSPS) is 12.6. The van der Waals surface area contributed by atoms with Gasteiger partial charge >= 0.3 is 0 Å². The number of hydrogen-bond acceptors (Lipinski definition) is 0. The Morgan fingerprint density at radius 2 is 1.41 bits per heavy atom. The standard InChI is InChI=1S/C24H34.2C3H8.C2H6/c1-8-10-13-19(5)16-17-22(9-2)20(6)21(7)24-15-12-11-14-23(24)18(3)4;2*1-3-2;1-2/h9,11-12,14-17,20-21H,2-3,8,10,13H2,1,4-7H3;2*3H2,1-2H3;1-2H3/b19-16-,22-17+;;;. The Labute approximate surface area is 203 Å². The molecule has 0 fully saturated rings. The highest BCUT2D eigenvalue weighted by Gasteiger charge is 2.19. The minimum Gasteiger partial charge on any atom is -0.0988 e. The molecule has 0 N–H and O–H groups in total. The van der Waals surface area contributed by atoms with Crippen molar-refractivity contribution in [3.8, 4) is 0 Å². The van der Waals surface area contributed by atoms with Crippen molar-refractivity contribution in [3.05, 3.63) is 77.9 Å². The molecule has 0 saturated heterocycles. The third kappa shape index (κ3) is 15.9. The molecule has 32 heavy (non-hydrogen) atoms. The molecule has 0 aliphatic carbocycles. The zero-order valence-corrected chi connectivity index (χ0v) is 23.6. The van der Waals surface area contributed by atoms with Crippen LogP contribution in [0.1, 0.15) is 125 Å². The number of hydrogen-bond donors (Lipinski definition) is 0. The molecule has 1 aromatic rings. The zero-order valence-electron chi connectivity index (χ0n) is 23.6. The topological polar surface area (TPSA) is 0 Å². The Kier molecular flexibility index (Phi) is 25.9. The van der Waals surface area contributed by atoms with Crippen molar-refractivity contribution in [1.29, 1.82) is 0 Å². The Hall–Kier alpha value is -1.82. The molecule has 2 atom stereocenters. The first-order chi connectivity index (χ1) is 15.2. The van der Waals surface area contributed by atoms with Gasteiger partial charge in [-0.25, -0.2) is 0 Å². The summed E-state index contributed by atoms with van der Waals surface area (Å²) in [5.41, 5.74) is 6.52. The Bertz CT molecular complexity index is 640. The van der Waals surface area contributed by atoms with E-state index in [-0.39, 0.29) is 0 Å². The maximum Gasteiger partial charge on any atom is -0.0118 e. The van der Waals surface area contributed by atoms with E-state index in [0.717, 1.165) is 5.57 Å². The lowest BCUT2D eigenvalue weighted by Gasteiger charge is -2.24. The van der Waals surface area contributed by atoms with Crippen LogP contribution >= 0.6 is 0 Å². The van der Waals surface area contributed by atoms with Gasteiger partial charge in [-0.15, -0.1) is 0 Å². The maximum absolute atomic E-state index is 4.14. The molecular formula is C32H56. The van der Waals surface area contributed by atoms with Crippen molar-refractivity contribution in [1.82, 2.24) is 0 Å². The number of allylic oxidation sites excluding steroid dienone is 6. The average molecular weight is 441 g/mol. The molecule has 184 valence electrons. The fourth-order valence-electron chi connectivity index (χ4n) is 3.02. The second kappa shape index (κ2) is 23.8. The molecule has 1 aromatic carbocycles. The number of rotatable bonds is 9. The summed E-state index contributed by atoms with van der Waals surface area (Å²) in [6, 6.07) is 8.62. The van der Waals surface area contributed by atoms with E-state index < -0.39 is 0 Å². The van der Waals surface area contributed by atoms with Crippen molar-refractivity contribution >= 4 is 5.57 Å². The van der Waals surface area contributed by atoms with Crippen LogP contribution in [0.3, 0.4) is 0 Å². The van der Waals surface area contributed by atoms with Gasteiger partial charge in [-0.3, -0.25) is 0 Å². The van der Waals surface area contributed by atoms with Crippen LogP contribution in [0.25, 0.3) is 5.57 Å². The first-order valence-electron chi connectivity index (χ1n) is 13.0. The van der Waals surface area contributed by atoms with E-state index in [1.54, 1.807) is 0 Å². The summed E-state index contributed by atoms with van der Waals surface area (Å²) in [7, 11) is 0. The van der Waals surface area contributed by atoms with Gasteiger partial charge in [0, 0.05) is 0 Å². The van der Waals surface area contributed by atoms with Gasteiger partial charge < -0.3 is 0 Å². The smallest absolute Gasteiger partial charge is 0.0118 e. The molecule has 0 spiro atoms. The SMILES string of the molecule is C=C/C(=C\C=C(\C)CCCC)C(C)C(C)c1ccccc1C(=C)C.CC.CCC.CCC. The van der Waals surface area contributed by atoms with Crippen LogP contribution in [-0.4, -0.2) is 0 Å². The van der Waals surface area contributed by atoms with Crippen LogP contribution < -0.4 is 0 Å². The van der Waals surface area contributed by atoms with Crippen molar-refractivity contribution in [2.24, 2.45) is 5.92 Å². The first kappa shape index (κ1) is 34.8. The second-order valence-electron chi connectivity index (χ2n) is 8.35. The third-order valence-electron chi connectivity index (χ3n) is 4.91. The van der Waals surface area contributed by atoms with E-state index in [4.69, 9.17) is 0 Å². The van der Waals surface area contributed by atoms with Gasteiger partial charge in [-0.05, 0) is 55.2 Å². The summed E-state index contributed by atoms with van der Waals surface area (Å²) in [6.45, 7) is 31.8. The van der Waals surface area contributed by atoms with E-state index in [1.165, 1.54) is 54.4 Å². The maximum atomic E-state index is 4.14. The zero-order chi connectivity index (χ0) is 25.5. The molecule has 0 aromatic heterocycles. The fourth-order valence-corrected chi connectivity index (χ4v) is 3.02. The van der Waals surface area contributed by atoms with E-state index in [9.17, 15) is 0 Å². The molecule has 0 amide bonds. The summed E-state index contributed by atoms with van der Waals surface area (Å²) < 4.78 is 0. The molecular weight excluding hydrogens is 384 g/mol. The minimum atomic E-state index is 0.415. The third-order valence-corrected chi connectivity index (χ3v) is 4.91. The van der Waals surface area contributed by atoms with E-state index in [0.29, 0.717) is 11.8 Å². The average Bonchev–Trinajstić information content (AvgIpc) is 2.79. The van der Waals surface area contributed by atoms with Crippen molar-refractivity contribution in [2.45, 2.75) is 114 Å². The largest absolute Gasteiger partial charge is 0.0988 e. The highest BCUT2D eigenvalue weighted by Crippen LogP contribution is 2.34. The van der Waals surface area contributed by atoms with Crippen molar-refractivity contribution in [3.63, 3.8) is 0 Å². The molecule has 0 saturated carbocycles. The Morgan fingerprint density at radius 1 is 0.906 bits per heavy atom. The summed E-state index contributed by atoms with van der Waals surface area (Å²) in [6.07, 6.45) is 12.7. The van der Waals surface area contributed by atoms with Gasteiger partial charge in [0.15, 0.2) is 0 Å². The predicted octanol–water partition coefficient (Wildman–Crippen LogP) is 11.6. The van der Waals surface area contributed by atoms with Crippen LogP contribution in [-0.2, 0) is 0 Å². The van der Waals surface area contributed by atoms with Crippen LogP contribution in [0.5, 0.6) is 0 Å². The molecule has 2 unspecified atom stereocenters. The van der Waals surface area contributed by atoms with Crippen molar-refractivity contribution < 1.29 is 0 Å². The summed E-state index contributed by atoms with van der Waals surface area (Å²) in [5, 5.41) is 0. The van der Waals surface area contributed by atoms with Gasteiger partial charge in [0.1, 0.15) is 0 Å². The fraction of sp³-hybridized carbons (Fsp3) is 0.562. The van der Waals surface area contributed by atoms with E-state index in [2.05, 4.69) is 112 Å². The molecule has 0 aliphatic heterocycles. The highest BCUT2D eigenvalue weighted by molar-refractivity contribution is 5.65. The second-order valence-corrected chi connectivity index (χ2v) is 8.35. The lowest BCUT2D eigenvalue weighted by Crippen LogP contribution is -2.10. The molecule has 1 rings (SSSR count). The minimum absolute atomic E-state index is 0.415. The van der Waals surface area contributed by atoms with E-state index in [1.807, 2.05) is 19.9 Å². The first-order valence-corrected chi connectivity index (χ1v) is 13.0.